The number of nitrogens with one attached hydrogen (secondary N) is 1. The molecular formula is C27H37Cl2N3O4S. The Morgan fingerprint density at radius 3 is 2.08 bits per heavy atom. The van der Waals surface area contributed by atoms with Crippen LogP contribution in [-0.4, -0.2) is 50.0 Å². The number of carbonyl (C=O) groups is 2. The number of benzene rings is 2. The Morgan fingerprint density at radius 1 is 1.00 bits per heavy atom. The van der Waals surface area contributed by atoms with Crippen molar-refractivity contribution in [2.75, 3.05) is 17.1 Å². The highest BCUT2D eigenvalue weighted by Gasteiger charge is 2.30. The second-order valence-electron chi connectivity index (χ2n) is 9.27. The van der Waals surface area contributed by atoms with E-state index in [9.17, 15) is 18.0 Å². The average molecular weight is 571 g/mol. The van der Waals surface area contributed by atoms with E-state index in [0.717, 1.165) is 18.2 Å². The van der Waals surface area contributed by atoms with Gasteiger partial charge in [0.15, 0.2) is 0 Å². The summed E-state index contributed by atoms with van der Waals surface area (Å²) in [5, 5.41) is 3.69. The summed E-state index contributed by atoms with van der Waals surface area (Å²) in [4.78, 5) is 28.0. The van der Waals surface area contributed by atoms with Gasteiger partial charge in [-0.1, -0.05) is 55.2 Å². The molecule has 0 spiro atoms. The lowest BCUT2D eigenvalue weighted by molar-refractivity contribution is -0.141. The summed E-state index contributed by atoms with van der Waals surface area (Å²) in [6.45, 7) is 7.77. The molecule has 2 aromatic rings. The Bertz CT molecular complexity index is 1150. The molecule has 37 heavy (non-hydrogen) atoms. The lowest BCUT2D eigenvalue weighted by atomic mass is 10.1. The van der Waals surface area contributed by atoms with Gasteiger partial charge in [0.2, 0.25) is 21.8 Å². The first-order chi connectivity index (χ1) is 17.4. The van der Waals surface area contributed by atoms with Crippen molar-refractivity contribution in [2.24, 2.45) is 0 Å². The fourth-order valence-electron chi connectivity index (χ4n) is 4.06. The SMILES string of the molecule is CCc1ccc(N(CCCC(=O)N(Cc2c(Cl)cccc2Cl)[C@@H](CC)C(=O)NC(C)C)S(C)(=O)=O)cc1. The van der Waals surface area contributed by atoms with Gasteiger partial charge in [-0.25, -0.2) is 8.42 Å². The van der Waals surface area contributed by atoms with Gasteiger partial charge in [0.1, 0.15) is 6.04 Å². The second kappa shape index (κ2) is 14.0. The molecule has 0 aliphatic rings. The van der Waals surface area contributed by atoms with Crippen molar-refractivity contribution in [2.45, 2.75) is 72.0 Å². The number of halogens is 2. The highest BCUT2D eigenvalue weighted by Crippen LogP contribution is 2.27. The van der Waals surface area contributed by atoms with Crippen LogP contribution in [0.4, 0.5) is 5.69 Å². The summed E-state index contributed by atoms with van der Waals surface area (Å²) in [6.07, 6.45) is 2.72. The van der Waals surface area contributed by atoms with Crippen LogP contribution in [0.2, 0.25) is 10.0 Å². The molecule has 0 saturated carbocycles. The molecule has 0 aliphatic carbocycles. The minimum atomic E-state index is -3.55. The van der Waals surface area contributed by atoms with Crippen LogP contribution in [0, 0.1) is 0 Å². The van der Waals surface area contributed by atoms with Crippen LogP contribution in [-0.2, 0) is 32.6 Å². The molecule has 204 valence electrons. The van der Waals surface area contributed by atoms with Gasteiger partial charge >= 0.3 is 0 Å². The Hall–Kier alpha value is -2.29. The van der Waals surface area contributed by atoms with Crippen molar-refractivity contribution in [3.8, 4) is 0 Å². The Labute approximate surface area is 231 Å². The van der Waals surface area contributed by atoms with E-state index in [0.29, 0.717) is 27.7 Å². The largest absolute Gasteiger partial charge is 0.352 e. The van der Waals surface area contributed by atoms with Crippen LogP contribution in [0.15, 0.2) is 42.5 Å². The van der Waals surface area contributed by atoms with Crippen LogP contribution < -0.4 is 9.62 Å². The highest BCUT2D eigenvalue weighted by molar-refractivity contribution is 7.92. The summed E-state index contributed by atoms with van der Waals surface area (Å²) in [5.41, 5.74) is 2.21. The monoisotopic (exact) mass is 569 g/mol. The van der Waals surface area contributed by atoms with Gasteiger partial charge in [0, 0.05) is 41.2 Å². The summed E-state index contributed by atoms with van der Waals surface area (Å²) in [5.74, 6) is -0.542. The summed E-state index contributed by atoms with van der Waals surface area (Å²) >= 11 is 12.8. The van der Waals surface area contributed by atoms with Crippen LogP contribution in [0.25, 0.3) is 0 Å². The Kier molecular flexibility index (Phi) is 11.7. The standard InChI is InChI=1S/C27H37Cl2N3O4S/c1-6-20-13-15-21(16-14-20)32(37(5,35)36)17-9-12-26(33)31(25(7-2)27(34)30-19(3)4)18-22-23(28)10-8-11-24(22)29/h8,10-11,13-16,19,25H,6-7,9,12,17-18H2,1-5H3,(H,30,34)/t25-/m0/s1. The molecule has 0 bridgehead atoms. The third kappa shape index (κ3) is 8.90. The topological polar surface area (TPSA) is 86.8 Å². The maximum absolute atomic E-state index is 13.5. The van der Waals surface area contributed by atoms with Gasteiger partial charge in [-0.05, 0) is 62.9 Å². The average Bonchev–Trinajstić information content (AvgIpc) is 2.82. The summed E-state index contributed by atoms with van der Waals surface area (Å²) in [6, 6.07) is 11.6. The fraction of sp³-hybridized carbons (Fsp3) is 0.481. The van der Waals surface area contributed by atoms with E-state index in [1.807, 2.05) is 39.8 Å². The first-order valence-corrected chi connectivity index (χ1v) is 15.1. The molecule has 2 rings (SSSR count). The lowest BCUT2D eigenvalue weighted by Crippen LogP contribution is -2.50. The van der Waals surface area contributed by atoms with E-state index in [-0.39, 0.29) is 43.8 Å². The van der Waals surface area contributed by atoms with Gasteiger partial charge in [0.05, 0.1) is 11.9 Å². The quantitative estimate of drug-likeness (QED) is 0.348. The minimum absolute atomic E-state index is 0.0482. The van der Waals surface area contributed by atoms with Gasteiger partial charge < -0.3 is 10.2 Å². The molecule has 0 aromatic heterocycles. The van der Waals surface area contributed by atoms with Crippen LogP contribution in [0.3, 0.4) is 0 Å². The van der Waals surface area contributed by atoms with Crippen LogP contribution in [0.5, 0.6) is 0 Å². The van der Waals surface area contributed by atoms with E-state index < -0.39 is 16.1 Å². The molecule has 0 saturated heterocycles. The number of anilines is 1. The lowest BCUT2D eigenvalue weighted by Gasteiger charge is -2.32. The van der Waals surface area contributed by atoms with Crippen LogP contribution >= 0.6 is 23.2 Å². The molecule has 2 amide bonds. The van der Waals surface area contributed by atoms with E-state index in [2.05, 4.69) is 5.32 Å². The number of hydrogen-bond acceptors (Lipinski definition) is 4. The number of carbonyl (C=O) groups excluding carboxylic acids is 2. The third-order valence-corrected chi connectivity index (χ3v) is 7.89. The normalized spacial score (nSPS) is 12.3. The molecule has 0 heterocycles. The van der Waals surface area contributed by atoms with Crippen molar-refractivity contribution in [3.63, 3.8) is 0 Å². The molecule has 7 nitrogen and oxygen atoms in total. The third-order valence-electron chi connectivity index (χ3n) is 5.99. The Morgan fingerprint density at radius 2 is 1.59 bits per heavy atom. The summed E-state index contributed by atoms with van der Waals surface area (Å²) in [7, 11) is -3.55. The van der Waals surface area contributed by atoms with Crippen molar-refractivity contribution in [3.05, 3.63) is 63.6 Å². The number of rotatable bonds is 13. The molecule has 0 radical (unpaired) electrons. The first-order valence-electron chi connectivity index (χ1n) is 12.5. The molecule has 0 fully saturated rings. The van der Waals surface area contributed by atoms with Gasteiger partial charge in [-0.15, -0.1) is 0 Å². The summed E-state index contributed by atoms with van der Waals surface area (Å²) < 4.78 is 26.3. The minimum Gasteiger partial charge on any atom is -0.352 e. The maximum Gasteiger partial charge on any atom is 0.243 e. The first kappa shape index (κ1) is 30.9. The molecule has 0 aliphatic heterocycles. The second-order valence-corrected chi connectivity index (χ2v) is 12.0. The van der Waals surface area contributed by atoms with Crippen LogP contribution in [0.1, 0.15) is 58.1 Å². The Balaban J connectivity index is 2.26. The molecule has 2 aromatic carbocycles. The number of aryl methyl sites for hydroxylation is 1. The van der Waals surface area contributed by atoms with E-state index in [4.69, 9.17) is 23.2 Å². The zero-order valence-electron chi connectivity index (χ0n) is 22.1. The fourth-order valence-corrected chi connectivity index (χ4v) is 5.54. The van der Waals surface area contributed by atoms with Crippen molar-refractivity contribution in [1.29, 1.82) is 0 Å². The number of nitrogens with zero attached hydrogens (tertiary/aromatic N) is 2. The van der Waals surface area contributed by atoms with Gasteiger partial charge in [-0.2, -0.15) is 0 Å². The molecule has 10 heteroatoms. The predicted octanol–water partition coefficient (Wildman–Crippen LogP) is 5.43. The number of amides is 2. The highest BCUT2D eigenvalue weighted by atomic mass is 35.5. The zero-order valence-corrected chi connectivity index (χ0v) is 24.5. The molecule has 0 unspecified atom stereocenters. The van der Waals surface area contributed by atoms with E-state index in [1.54, 1.807) is 30.3 Å². The van der Waals surface area contributed by atoms with E-state index in [1.165, 1.54) is 9.21 Å². The van der Waals surface area contributed by atoms with Gasteiger partial charge in [-0.3, -0.25) is 13.9 Å². The molecular weight excluding hydrogens is 533 g/mol. The number of sulfonamides is 1. The van der Waals surface area contributed by atoms with Crippen molar-refractivity contribution in [1.82, 2.24) is 10.2 Å². The molecule has 1 N–H and O–H groups in total. The maximum atomic E-state index is 13.5. The van der Waals surface area contributed by atoms with Gasteiger partial charge in [0.25, 0.3) is 0 Å². The van der Waals surface area contributed by atoms with Crippen molar-refractivity contribution < 1.29 is 18.0 Å². The van der Waals surface area contributed by atoms with E-state index >= 15 is 0 Å². The zero-order chi connectivity index (χ0) is 27.8. The predicted molar refractivity (Wildman–Crippen MR) is 152 cm³/mol. The smallest absolute Gasteiger partial charge is 0.243 e. The van der Waals surface area contributed by atoms with Crippen molar-refractivity contribution >= 4 is 50.7 Å². The molecule has 1 atom stereocenters. The number of hydrogen-bond donors (Lipinski definition) is 1.